The van der Waals surface area contributed by atoms with Gasteiger partial charge >= 0.3 is 5.96 Å². The van der Waals surface area contributed by atoms with Gasteiger partial charge in [-0.15, -0.1) is 10.2 Å². The van der Waals surface area contributed by atoms with Crippen molar-refractivity contribution in [3.05, 3.63) is 10.1 Å². The molecule has 15 heteroatoms. The Labute approximate surface area is 99.8 Å². The topological polar surface area (TPSA) is 256 Å². The number of aromatic nitrogens is 3. The lowest BCUT2D eigenvalue weighted by atomic mass is 10.9. The van der Waals surface area contributed by atoms with Gasteiger partial charge in [-0.05, 0) is 0 Å². The van der Waals surface area contributed by atoms with Gasteiger partial charge < -0.3 is 11.5 Å². The van der Waals surface area contributed by atoms with Crippen molar-refractivity contribution in [3.8, 4) is 0 Å². The van der Waals surface area contributed by atoms with Crippen molar-refractivity contribution in [2.24, 2.45) is 0 Å². The van der Waals surface area contributed by atoms with Gasteiger partial charge in [-0.1, -0.05) is 9.78 Å². The lowest BCUT2D eigenvalue weighted by molar-refractivity contribution is -2.00. The highest BCUT2D eigenvalue weighted by Gasteiger charge is 2.20. The zero-order valence-corrected chi connectivity index (χ0v) is 9.10. The minimum absolute atomic E-state index is 0.120. The Hall–Kier alpha value is -2.26. The summed E-state index contributed by atoms with van der Waals surface area (Å²) >= 11 is 0. The van der Waals surface area contributed by atoms with Crippen molar-refractivity contribution in [2.45, 2.75) is 0 Å². The summed E-state index contributed by atoms with van der Waals surface area (Å²) in [5, 5.41) is 17.8. The minimum Gasteiger partial charge on any atom is -0.365 e. The van der Waals surface area contributed by atoms with Crippen LogP contribution in [-0.4, -0.2) is 25.8 Å². The van der Waals surface area contributed by atoms with E-state index in [9.17, 15) is 10.1 Å². The molecular weight excluding hydrogens is 280 g/mol. The van der Waals surface area contributed by atoms with Crippen LogP contribution in [0.15, 0.2) is 0 Å². The number of halogens is 1. The molecule has 1 aromatic rings. The number of rotatable bonds is 1. The van der Waals surface area contributed by atoms with Crippen LogP contribution in [0.5, 0.6) is 0 Å². The molecule has 0 atom stereocenters. The molecule has 0 aliphatic carbocycles. The van der Waals surface area contributed by atoms with Crippen molar-refractivity contribution in [2.75, 3.05) is 11.5 Å². The first-order valence-corrected chi connectivity index (χ1v) is 4.87. The summed E-state index contributed by atoms with van der Waals surface area (Å²) in [6.45, 7) is 0. The third-order valence-corrected chi connectivity index (χ3v) is 1.08. The van der Waals surface area contributed by atoms with E-state index < -0.39 is 15.3 Å². The van der Waals surface area contributed by atoms with Gasteiger partial charge in [0.05, 0.1) is 0 Å². The van der Waals surface area contributed by atoms with E-state index in [1.807, 2.05) is 0 Å². The number of hydrogen-bond acceptors (Lipinski definition) is 10. The van der Waals surface area contributed by atoms with Gasteiger partial charge in [-0.2, -0.15) is 4.98 Å². The molecule has 0 amide bonds. The van der Waals surface area contributed by atoms with Crippen LogP contribution in [0.4, 0.5) is 11.9 Å². The predicted molar refractivity (Wildman–Crippen MR) is 41.3 cm³/mol. The van der Waals surface area contributed by atoms with E-state index >= 15 is 0 Å². The van der Waals surface area contributed by atoms with Gasteiger partial charge in [0.2, 0.25) is 5.03 Å². The maximum Gasteiger partial charge on any atom is 0.437 e. The first-order chi connectivity index (χ1) is 8.00. The monoisotopic (exact) mass is 286 g/mol. The van der Waals surface area contributed by atoms with Gasteiger partial charge in [-0.3, -0.25) is 5.41 Å². The highest BCUT2D eigenvalue weighted by Crippen LogP contribution is 1.97. The predicted octanol–water partition coefficient (Wildman–Crippen LogP) is -8.57. The van der Waals surface area contributed by atoms with Crippen LogP contribution in [0.2, 0.25) is 0 Å². The Bertz CT molecular complexity index is 433. The summed E-state index contributed by atoms with van der Waals surface area (Å²) in [6, 6.07) is 0. The van der Waals surface area contributed by atoms with Crippen molar-refractivity contribution in [1.82, 2.24) is 20.2 Å². The maximum absolute atomic E-state index is 9.96. The van der Waals surface area contributed by atoms with E-state index in [0.29, 0.717) is 0 Å². The average molecular weight is 287 g/mol. The molecule has 18 heavy (non-hydrogen) atoms. The molecule has 0 saturated carbocycles. The molecule has 14 nitrogen and oxygen atoms in total. The quantitative estimate of drug-likeness (QED) is 0.163. The first kappa shape index (κ1) is 15.7. The van der Waals surface area contributed by atoms with Crippen LogP contribution < -0.4 is 40.9 Å². The number of hydrazine groups is 1. The molecule has 102 valence electrons. The molecule has 0 fully saturated rings. The minimum atomic E-state index is -4.94. The SMILES string of the molecule is Nc1nc(N)n(C(=[NH2+])N[N+](=O)[O-])n1.[O-][Cl+3]([O-])([O-])[O-]. The zero-order valence-electron chi connectivity index (χ0n) is 8.35. The molecule has 1 heterocycles. The largest absolute Gasteiger partial charge is 0.437 e. The third kappa shape index (κ3) is 7.09. The first-order valence-electron chi connectivity index (χ1n) is 3.64. The van der Waals surface area contributed by atoms with Gasteiger partial charge in [0, 0.05) is 5.43 Å². The molecule has 0 aliphatic rings. The smallest absolute Gasteiger partial charge is 0.365 e. The number of nitrogens with zero attached hydrogens (tertiary/aromatic N) is 4. The molecule has 7 N–H and O–H groups in total. The lowest BCUT2D eigenvalue weighted by Gasteiger charge is -2.17. The summed E-state index contributed by atoms with van der Waals surface area (Å²) in [7, 11) is -4.94. The molecule has 0 aliphatic heterocycles. The molecule has 1 rings (SSSR count). The Morgan fingerprint density at radius 3 is 2.11 bits per heavy atom. The second-order valence-corrected chi connectivity index (χ2v) is 3.13. The van der Waals surface area contributed by atoms with Crippen molar-refractivity contribution in [3.63, 3.8) is 0 Å². The molecule has 0 saturated heterocycles. The molecule has 0 bridgehead atoms. The van der Waals surface area contributed by atoms with E-state index in [0.717, 1.165) is 4.68 Å². The fourth-order valence-corrected chi connectivity index (χ4v) is 0.659. The average Bonchev–Trinajstić information content (AvgIpc) is 2.40. The van der Waals surface area contributed by atoms with Crippen molar-refractivity contribution < 1.29 is 39.3 Å². The number of hydrogen-bond donors (Lipinski definition) is 4. The number of nitrogen functional groups attached to an aromatic ring is 2. The van der Waals surface area contributed by atoms with Crippen LogP contribution in [0.3, 0.4) is 0 Å². The van der Waals surface area contributed by atoms with E-state index in [-0.39, 0.29) is 17.9 Å². The van der Waals surface area contributed by atoms with Gasteiger partial charge in [0.15, 0.2) is 0 Å². The Kier molecular flexibility index (Phi) is 5.15. The zero-order chi connectivity index (χ0) is 14.5. The van der Waals surface area contributed by atoms with E-state index in [1.54, 1.807) is 5.43 Å². The number of nitro groups is 1. The molecular formula is C3H7ClN8O6. The van der Waals surface area contributed by atoms with Gasteiger partial charge in [-0.25, -0.2) is 28.8 Å². The van der Waals surface area contributed by atoms with Gasteiger partial charge in [0.1, 0.15) is 0 Å². The van der Waals surface area contributed by atoms with E-state index in [2.05, 4.69) is 10.1 Å². The summed E-state index contributed by atoms with van der Waals surface area (Å²) in [4.78, 5) is 13.4. The third-order valence-electron chi connectivity index (χ3n) is 1.08. The van der Waals surface area contributed by atoms with Crippen LogP contribution >= 0.6 is 0 Å². The maximum atomic E-state index is 9.96. The second-order valence-electron chi connectivity index (χ2n) is 2.37. The fraction of sp³-hybridized carbons (Fsp3) is 0. The summed E-state index contributed by atoms with van der Waals surface area (Å²) in [6.07, 6.45) is 0. The number of anilines is 2. The van der Waals surface area contributed by atoms with Crippen LogP contribution in [0, 0.1) is 20.4 Å². The molecule has 0 aromatic carbocycles. The standard InChI is InChI=1S/C3H6N8O2.ClHO4/c4-1-7-2(5)10(8-1)3(6)9-11(12)13;2-1(3,4)5/h(H2,6,9)(H4,4,5,7,8);(H,2,3,4,5). The highest BCUT2D eigenvalue weighted by atomic mass is 35.7. The van der Waals surface area contributed by atoms with Gasteiger partial charge in [0.25, 0.3) is 11.9 Å². The normalized spacial score (nSPS) is 10.2. The number of nitrogens with one attached hydrogen (secondary N) is 1. The highest BCUT2D eigenvalue weighted by molar-refractivity contribution is 5.76. The van der Waals surface area contributed by atoms with E-state index in [4.69, 9.17) is 35.5 Å². The van der Waals surface area contributed by atoms with E-state index in [1.165, 1.54) is 0 Å². The Morgan fingerprint density at radius 2 is 1.83 bits per heavy atom. The fourth-order valence-electron chi connectivity index (χ4n) is 0.659. The lowest BCUT2D eigenvalue weighted by Crippen LogP contribution is -2.68. The summed E-state index contributed by atoms with van der Waals surface area (Å²) < 4.78 is 34.8. The molecule has 0 radical (unpaired) electrons. The molecule has 0 spiro atoms. The summed E-state index contributed by atoms with van der Waals surface area (Å²) in [5.74, 6) is -0.637. The molecule has 1 aromatic heterocycles. The van der Waals surface area contributed by atoms with Crippen LogP contribution in [0.25, 0.3) is 0 Å². The number of nitrogens with two attached hydrogens (primary N) is 3. The second kappa shape index (κ2) is 5.89. The Morgan fingerprint density at radius 1 is 1.39 bits per heavy atom. The van der Waals surface area contributed by atoms with Crippen molar-refractivity contribution >= 4 is 17.9 Å². The van der Waals surface area contributed by atoms with Crippen molar-refractivity contribution in [1.29, 1.82) is 0 Å². The van der Waals surface area contributed by atoms with Crippen LogP contribution in [-0.2, 0) is 0 Å². The Balaban J connectivity index is 0.000000494. The van der Waals surface area contributed by atoms with Crippen LogP contribution in [0.1, 0.15) is 0 Å². The summed E-state index contributed by atoms with van der Waals surface area (Å²) in [5.41, 5.74) is 12.1. The molecule has 0 unspecified atom stereocenters.